The highest BCUT2D eigenvalue weighted by molar-refractivity contribution is 5.94. The Morgan fingerprint density at radius 3 is 2.53 bits per heavy atom. The van der Waals surface area contributed by atoms with E-state index in [1.54, 1.807) is 37.3 Å². The Morgan fingerprint density at radius 1 is 1.14 bits per heavy atom. The standard InChI is InChI=1S/C26H29FN4O5/c1-17-15-22(30-36-17)29-23(32)12-13-24(33)31(16-18-8-10-19(27)11-9-18)25(21-7-4-14-35-21)26(34)28-20-5-2-3-6-20/h4,7-11,14-15,20,25H,2-3,5-6,12-13,16H2,1H3,(H,28,34)(H,29,30,32). The number of carbonyl (C=O) groups excluding carboxylic acids is 3. The highest BCUT2D eigenvalue weighted by Crippen LogP contribution is 2.27. The Bertz CT molecular complexity index is 1170. The van der Waals surface area contributed by atoms with Crippen LogP contribution in [0.5, 0.6) is 0 Å². The number of halogens is 1. The third-order valence-electron chi connectivity index (χ3n) is 6.12. The van der Waals surface area contributed by atoms with E-state index >= 15 is 0 Å². The molecule has 1 unspecified atom stereocenters. The predicted molar refractivity (Wildman–Crippen MR) is 128 cm³/mol. The van der Waals surface area contributed by atoms with Gasteiger partial charge in [-0.15, -0.1) is 0 Å². The number of anilines is 1. The molecule has 1 saturated carbocycles. The molecule has 2 aromatic heterocycles. The van der Waals surface area contributed by atoms with Gasteiger partial charge in [-0.05, 0) is 49.6 Å². The molecule has 10 heteroatoms. The normalized spacial score (nSPS) is 14.4. The first-order valence-corrected chi connectivity index (χ1v) is 12.0. The summed E-state index contributed by atoms with van der Waals surface area (Å²) in [5.41, 5.74) is 0.637. The van der Waals surface area contributed by atoms with Crippen LogP contribution in [-0.4, -0.2) is 33.8 Å². The predicted octanol–water partition coefficient (Wildman–Crippen LogP) is 4.26. The van der Waals surface area contributed by atoms with Gasteiger partial charge in [-0.1, -0.05) is 30.1 Å². The molecule has 0 radical (unpaired) electrons. The summed E-state index contributed by atoms with van der Waals surface area (Å²) in [6, 6.07) is 9.57. The zero-order valence-electron chi connectivity index (χ0n) is 20.0. The lowest BCUT2D eigenvalue weighted by atomic mass is 10.1. The zero-order valence-corrected chi connectivity index (χ0v) is 20.0. The summed E-state index contributed by atoms with van der Waals surface area (Å²) in [7, 11) is 0. The first-order chi connectivity index (χ1) is 17.4. The molecular formula is C26H29FN4O5. The van der Waals surface area contributed by atoms with Crippen molar-refractivity contribution >= 4 is 23.5 Å². The van der Waals surface area contributed by atoms with E-state index in [0.717, 1.165) is 25.7 Å². The molecule has 4 rings (SSSR count). The smallest absolute Gasteiger partial charge is 0.250 e. The molecular weight excluding hydrogens is 467 g/mol. The van der Waals surface area contributed by atoms with Crippen LogP contribution in [0.4, 0.5) is 10.2 Å². The summed E-state index contributed by atoms with van der Waals surface area (Å²) in [5, 5.41) is 9.35. The molecule has 1 aromatic carbocycles. The second kappa shape index (κ2) is 11.7. The largest absolute Gasteiger partial charge is 0.467 e. The molecule has 2 N–H and O–H groups in total. The van der Waals surface area contributed by atoms with Gasteiger partial charge in [0.1, 0.15) is 17.3 Å². The van der Waals surface area contributed by atoms with E-state index in [9.17, 15) is 18.8 Å². The van der Waals surface area contributed by atoms with E-state index in [0.29, 0.717) is 17.1 Å². The summed E-state index contributed by atoms with van der Waals surface area (Å²) in [4.78, 5) is 40.7. The van der Waals surface area contributed by atoms with Crippen LogP contribution in [0.2, 0.25) is 0 Å². The number of amides is 3. The summed E-state index contributed by atoms with van der Waals surface area (Å²) in [5.74, 6) is -0.479. The maximum atomic E-state index is 13.5. The van der Waals surface area contributed by atoms with Crippen molar-refractivity contribution in [1.82, 2.24) is 15.4 Å². The molecule has 190 valence electrons. The lowest BCUT2D eigenvalue weighted by molar-refractivity contribution is -0.143. The minimum absolute atomic E-state index is 0.0344. The van der Waals surface area contributed by atoms with Gasteiger partial charge in [0.25, 0.3) is 5.91 Å². The molecule has 3 aromatic rings. The summed E-state index contributed by atoms with van der Waals surface area (Å²) in [6.45, 7) is 1.73. The Balaban J connectivity index is 1.54. The molecule has 0 spiro atoms. The fraction of sp³-hybridized carbons (Fsp3) is 0.385. The van der Waals surface area contributed by atoms with Gasteiger partial charge >= 0.3 is 0 Å². The summed E-state index contributed by atoms with van der Waals surface area (Å²) >= 11 is 0. The van der Waals surface area contributed by atoms with Gasteiger partial charge in [-0.2, -0.15) is 0 Å². The number of nitrogens with zero attached hydrogens (tertiary/aromatic N) is 2. The van der Waals surface area contributed by atoms with E-state index in [1.165, 1.54) is 23.3 Å². The van der Waals surface area contributed by atoms with E-state index in [4.69, 9.17) is 8.94 Å². The van der Waals surface area contributed by atoms with Gasteiger partial charge in [-0.25, -0.2) is 4.39 Å². The summed E-state index contributed by atoms with van der Waals surface area (Å²) in [6.07, 6.45) is 4.99. The van der Waals surface area contributed by atoms with Crippen molar-refractivity contribution in [2.24, 2.45) is 0 Å². The van der Waals surface area contributed by atoms with Gasteiger partial charge in [0, 0.05) is 31.5 Å². The fourth-order valence-electron chi connectivity index (χ4n) is 4.33. The lowest BCUT2D eigenvalue weighted by Gasteiger charge is -2.31. The van der Waals surface area contributed by atoms with Crippen LogP contribution in [0, 0.1) is 12.7 Å². The Kier molecular flexibility index (Phi) is 8.14. The van der Waals surface area contributed by atoms with Crippen molar-refractivity contribution in [2.45, 2.75) is 64.1 Å². The fourth-order valence-corrected chi connectivity index (χ4v) is 4.33. The van der Waals surface area contributed by atoms with E-state index in [-0.39, 0.29) is 37.2 Å². The van der Waals surface area contributed by atoms with Crippen LogP contribution in [-0.2, 0) is 20.9 Å². The third-order valence-corrected chi connectivity index (χ3v) is 6.12. The van der Waals surface area contributed by atoms with Crippen molar-refractivity contribution in [3.05, 3.63) is 71.6 Å². The topological polar surface area (TPSA) is 118 Å². The monoisotopic (exact) mass is 496 g/mol. The molecule has 1 fully saturated rings. The maximum absolute atomic E-state index is 13.5. The van der Waals surface area contributed by atoms with Crippen molar-refractivity contribution in [1.29, 1.82) is 0 Å². The summed E-state index contributed by atoms with van der Waals surface area (Å²) < 4.78 is 24.0. The van der Waals surface area contributed by atoms with E-state index < -0.39 is 23.7 Å². The molecule has 1 aliphatic carbocycles. The quantitative estimate of drug-likeness (QED) is 0.433. The van der Waals surface area contributed by atoms with Crippen LogP contribution in [0.1, 0.15) is 61.7 Å². The van der Waals surface area contributed by atoms with Crippen LogP contribution >= 0.6 is 0 Å². The zero-order chi connectivity index (χ0) is 25.5. The van der Waals surface area contributed by atoms with Gasteiger partial charge < -0.3 is 24.5 Å². The molecule has 0 bridgehead atoms. The minimum atomic E-state index is -1.04. The Morgan fingerprint density at radius 2 is 1.89 bits per heavy atom. The Labute approximate surface area is 208 Å². The first-order valence-electron chi connectivity index (χ1n) is 12.0. The molecule has 3 amide bonds. The molecule has 2 heterocycles. The van der Waals surface area contributed by atoms with Crippen molar-refractivity contribution in [3.63, 3.8) is 0 Å². The van der Waals surface area contributed by atoms with Gasteiger partial charge in [0.15, 0.2) is 11.9 Å². The number of hydrogen-bond donors (Lipinski definition) is 2. The number of carbonyl (C=O) groups is 3. The van der Waals surface area contributed by atoms with Crippen LogP contribution in [0.25, 0.3) is 0 Å². The minimum Gasteiger partial charge on any atom is -0.467 e. The first kappa shape index (κ1) is 25.2. The molecule has 0 aliphatic heterocycles. The van der Waals surface area contributed by atoms with Crippen molar-refractivity contribution in [2.75, 3.05) is 5.32 Å². The Hall–Kier alpha value is -3.95. The SMILES string of the molecule is Cc1cc(NC(=O)CCC(=O)N(Cc2ccc(F)cc2)C(C(=O)NC2CCCC2)c2ccco2)no1. The van der Waals surface area contributed by atoms with Gasteiger partial charge in [0.05, 0.1) is 6.26 Å². The van der Waals surface area contributed by atoms with Crippen LogP contribution in [0.3, 0.4) is 0 Å². The molecule has 1 aliphatic rings. The molecule has 36 heavy (non-hydrogen) atoms. The highest BCUT2D eigenvalue weighted by Gasteiger charge is 2.35. The van der Waals surface area contributed by atoms with Crippen LogP contribution < -0.4 is 10.6 Å². The molecule has 0 saturated heterocycles. The van der Waals surface area contributed by atoms with E-state index in [1.807, 2.05) is 0 Å². The lowest BCUT2D eigenvalue weighted by Crippen LogP contribution is -2.45. The second-order valence-electron chi connectivity index (χ2n) is 8.93. The molecule has 1 atom stereocenters. The third kappa shape index (κ3) is 6.59. The average molecular weight is 497 g/mol. The van der Waals surface area contributed by atoms with E-state index in [2.05, 4.69) is 15.8 Å². The van der Waals surface area contributed by atoms with Crippen molar-refractivity contribution < 1.29 is 27.7 Å². The molecule has 9 nitrogen and oxygen atoms in total. The number of aromatic nitrogens is 1. The average Bonchev–Trinajstić information content (AvgIpc) is 3.63. The number of furan rings is 1. The van der Waals surface area contributed by atoms with Crippen molar-refractivity contribution in [3.8, 4) is 0 Å². The maximum Gasteiger partial charge on any atom is 0.250 e. The number of benzene rings is 1. The van der Waals surface area contributed by atoms with Gasteiger partial charge in [-0.3, -0.25) is 14.4 Å². The number of nitrogens with one attached hydrogen (secondary N) is 2. The van der Waals surface area contributed by atoms with Crippen LogP contribution in [0.15, 0.2) is 57.7 Å². The van der Waals surface area contributed by atoms with Gasteiger partial charge in [0.2, 0.25) is 11.8 Å². The highest BCUT2D eigenvalue weighted by atomic mass is 19.1. The number of aryl methyl sites for hydroxylation is 1. The number of hydrogen-bond acceptors (Lipinski definition) is 6. The number of rotatable bonds is 10. The second-order valence-corrected chi connectivity index (χ2v) is 8.93.